The Balaban J connectivity index is 2.78. The van der Waals surface area contributed by atoms with Crippen molar-refractivity contribution in [2.75, 3.05) is 7.11 Å². The van der Waals surface area contributed by atoms with Crippen LogP contribution < -0.4 is 5.32 Å². The van der Waals surface area contributed by atoms with Crippen molar-refractivity contribution in [1.82, 2.24) is 5.32 Å². The summed E-state index contributed by atoms with van der Waals surface area (Å²) in [5, 5.41) is 13.7. The quantitative estimate of drug-likeness (QED) is 0.491. The summed E-state index contributed by atoms with van der Waals surface area (Å²) in [5.41, 5.74) is 0.784. The molecule has 6 nitrogen and oxygen atoms in total. The van der Waals surface area contributed by atoms with E-state index < -0.39 is 11.0 Å². The highest BCUT2D eigenvalue weighted by molar-refractivity contribution is 5.75. The molecule has 0 aromatic heterocycles. The molecule has 1 aromatic rings. The van der Waals surface area contributed by atoms with E-state index in [0.29, 0.717) is 0 Å². The van der Waals surface area contributed by atoms with Crippen molar-refractivity contribution in [3.63, 3.8) is 0 Å². The summed E-state index contributed by atoms with van der Waals surface area (Å²) in [4.78, 5) is 21.5. The van der Waals surface area contributed by atoms with Gasteiger partial charge >= 0.3 is 5.97 Å². The van der Waals surface area contributed by atoms with Crippen molar-refractivity contribution in [2.24, 2.45) is 0 Å². The van der Waals surface area contributed by atoms with Gasteiger partial charge in [-0.05, 0) is 19.4 Å². The normalized spacial score (nSPS) is 13.7. The first kappa shape index (κ1) is 14.1. The van der Waals surface area contributed by atoms with Crippen LogP contribution >= 0.6 is 0 Å². The second-order valence-corrected chi connectivity index (χ2v) is 3.99. The lowest BCUT2D eigenvalue weighted by atomic mass is 10.1. The minimum Gasteiger partial charge on any atom is -0.468 e. The molecule has 98 valence electrons. The Bertz CT molecular complexity index is 447. The van der Waals surface area contributed by atoms with Gasteiger partial charge in [-0.25, -0.2) is 0 Å². The molecule has 0 aliphatic rings. The maximum atomic E-state index is 11.3. The molecule has 1 N–H and O–H groups in total. The van der Waals surface area contributed by atoms with Crippen LogP contribution in [0.2, 0.25) is 0 Å². The maximum absolute atomic E-state index is 11.3. The van der Waals surface area contributed by atoms with Gasteiger partial charge in [0.05, 0.1) is 12.0 Å². The van der Waals surface area contributed by atoms with Gasteiger partial charge in [0, 0.05) is 18.2 Å². The number of nitrogens with one attached hydrogen (secondary N) is 1. The van der Waals surface area contributed by atoms with Crippen LogP contribution in [-0.2, 0) is 9.53 Å². The minimum atomic E-state index is -0.468. The number of nitro groups is 1. The molecule has 0 radical (unpaired) electrons. The fourth-order valence-electron chi connectivity index (χ4n) is 1.62. The Kier molecular flexibility index (Phi) is 4.79. The van der Waals surface area contributed by atoms with Crippen LogP contribution in [-0.4, -0.2) is 24.0 Å². The Morgan fingerprint density at radius 1 is 1.44 bits per heavy atom. The first-order chi connectivity index (χ1) is 8.45. The van der Waals surface area contributed by atoms with E-state index >= 15 is 0 Å². The molecule has 1 rings (SSSR count). The molecule has 18 heavy (non-hydrogen) atoms. The number of nitro benzene ring substituents is 1. The highest BCUT2D eigenvalue weighted by Gasteiger charge is 2.17. The number of benzene rings is 1. The molecule has 0 fully saturated rings. The summed E-state index contributed by atoms with van der Waals surface area (Å²) in [6, 6.07) is 5.66. The Morgan fingerprint density at radius 2 is 2.11 bits per heavy atom. The highest BCUT2D eigenvalue weighted by Crippen LogP contribution is 2.19. The number of nitrogens with zero attached hydrogens (tertiary/aromatic N) is 1. The summed E-state index contributed by atoms with van der Waals surface area (Å²) in [6.45, 7) is 3.51. The Morgan fingerprint density at radius 3 is 2.67 bits per heavy atom. The van der Waals surface area contributed by atoms with Crippen molar-refractivity contribution in [3.8, 4) is 0 Å². The Labute approximate surface area is 105 Å². The van der Waals surface area contributed by atoms with Crippen LogP contribution in [0, 0.1) is 10.1 Å². The predicted octanol–water partition coefficient (Wildman–Crippen LogP) is 1.81. The molecule has 2 atom stereocenters. The standard InChI is InChI=1S/C12H16N2O4/c1-8(13-9(2)12(15)18-3)10-5-4-6-11(7-10)14(16)17/h4-9,13H,1-3H3/t8?,9-/m0/s1. The van der Waals surface area contributed by atoms with Crippen LogP contribution in [0.5, 0.6) is 0 Å². The molecule has 1 aromatic carbocycles. The van der Waals surface area contributed by atoms with Gasteiger partial charge in [0.15, 0.2) is 0 Å². The van der Waals surface area contributed by atoms with E-state index in [4.69, 9.17) is 0 Å². The molecular formula is C12H16N2O4. The van der Waals surface area contributed by atoms with Crippen LogP contribution in [0.15, 0.2) is 24.3 Å². The largest absolute Gasteiger partial charge is 0.468 e. The molecule has 6 heteroatoms. The lowest BCUT2D eigenvalue weighted by Crippen LogP contribution is -2.36. The number of hydrogen-bond acceptors (Lipinski definition) is 5. The smallest absolute Gasteiger partial charge is 0.322 e. The summed E-state index contributed by atoms with van der Waals surface area (Å²) in [6.07, 6.45) is 0. The van der Waals surface area contributed by atoms with Crippen LogP contribution in [0.4, 0.5) is 5.69 Å². The number of carbonyl (C=O) groups excluding carboxylic acids is 1. The summed E-state index contributed by atoms with van der Waals surface area (Å²) in [5.74, 6) is -0.368. The van der Waals surface area contributed by atoms with E-state index in [2.05, 4.69) is 10.1 Å². The average Bonchev–Trinajstić information content (AvgIpc) is 2.37. The zero-order valence-corrected chi connectivity index (χ0v) is 10.5. The SMILES string of the molecule is COC(=O)[C@H](C)NC(C)c1cccc([N+](=O)[O-])c1. The predicted molar refractivity (Wildman–Crippen MR) is 66.1 cm³/mol. The number of methoxy groups -OCH3 is 1. The maximum Gasteiger partial charge on any atom is 0.322 e. The van der Waals surface area contributed by atoms with Crippen molar-refractivity contribution >= 4 is 11.7 Å². The molecule has 0 amide bonds. The minimum absolute atomic E-state index is 0.0341. The molecule has 0 saturated heterocycles. The van der Waals surface area contributed by atoms with Crippen molar-refractivity contribution in [1.29, 1.82) is 0 Å². The van der Waals surface area contributed by atoms with E-state index in [0.717, 1.165) is 5.56 Å². The second kappa shape index (κ2) is 6.11. The molecule has 0 spiro atoms. The lowest BCUT2D eigenvalue weighted by Gasteiger charge is -2.18. The molecule has 0 bridgehead atoms. The van der Waals surface area contributed by atoms with E-state index in [1.54, 1.807) is 19.1 Å². The van der Waals surface area contributed by atoms with Gasteiger partial charge in [-0.15, -0.1) is 0 Å². The monoisotopic (exact) mass is 252 g/mol. The van der Waals surface area contributed by atoms with Crippen molar-refractivity contribution in [3.05, 3.63) is 39.9 Å². The number of hydrogen-bond donors (Lipinski definition) is 1. The average molecular weight is 252 g/mol. The first-order valence-corrected chi connectivity index (χ1v) is 5.54. The van der Waals surface area contributed by atoms with Gasteiger partial charge < -0.3 is 4.74 Å². The molecule has 0 saturated carbocycles. The third-order valence-electron chi connectivity index (χ3n) is 2.64. The van der Waals surface area contributed by atoms with Gasteiger partial charge in [0.2, 0.25) is 0 Å². The van der Waals surface area contributed by atoms with Gasteiger partial charge in [0.25, 0.3) is 5.69 Å². The van der Waals surface area contributed by atoms with E-state index in [1.807, 2.05) is 6.92 Å². The van der Waals surface area contributed by atoms with Crippen molar-refractivity contribution in [2.45, 2.75) is 25.9 Å². The fraction of sp³-hybridized carbons (Fsp3) is 0.417. The molecule has 0 aliphatic carbocycles. The number of carbonyl (C=O) groups is 1. The topological polar surface area (TPSA) is 81.5 Å². The lowest BCUT2D eigenvalue weighted by molar-refractivity contribution is -0.384. The van der Waals surface area contributed by atoms with E-state index in [1.165, 1.54) is 19.2 Å². The van der Waals surface area contributed by atoms with E-state index in [-0.39, 0.29) is 17.7 Å². The van der Waals surface area contributed by atoms with Gasteiger partial charge in [-0.3, -0.25) is 20.2 Å². The fourth-order valence-corrected chi connectivity index (χ4v) is 1.62. The van der Waals surface area contributed by atoms with Crippen LogP contribution in [0.3, 0.4) is 0 Å². The number of rotatable bonds is 5. The molecule has 1 unspecified atom stereocenters. The van der Waals surface area contributed by atoms with Gasteiger partial charge in [-0.1, -0.05) is 12.1 Å². The zero-order chi connectivity index (χ0) is 13.7. The summed E-state index contributed by atoms with van der Waals surface area (Å²) in [7, 11) is 1.32. The van der Waals surface area contributed by atoms with Gasteiger partial charge in [-0.2, -0.15) is 0 Å². The van der Waals surface area contributed by atoms with Crippen LogP contribution in [0.25, 0.3) is 0 Å². The highest BCUT2D eigenvalue weighted by atomic mass is 16.6. The summed E-state index contributed by atoms with van der Waals surface area (Å²) < 4.78 is 4.60. The third-order valence-corrected chi connectivity index (χ3v) is 2.64. The van der Waals surface area contributed by atoms with Crippen LogP contribution in [0.1, 0.15) is 25.5 Å². The second-order valence-electron chi connectivity index (χ2n) is 3.99. The third kappa shape index (κ3) is 3.53. The summed E-state index contributed by atoms with van der Waals surface area (Å²) >= 11 is 0. The molecule has 0 aliphatic heterocycles. The number of non-ortho nitro benzene ring substituents is 1. The zero-order valence-electron chi connectivity index (χ0n) is 10.5. The van der Waals surface area contributed by atoms with Gasteiger partial charge in [0.1, 0.15) is 6.04 Å². The van der Waals surface area contributed by atoms with E-state index in [9.17, 15) is 14.9 Å². The molecule has 0 heterocycles. The number of esters is 1. The number of ether oxygens (including phenoxy) is 1. The van der Waals surface area contributed by atoms with Crippen molar-refractivity contribution < 1.29 is 14.5 Å². The Hall–Kier alpha value is -1.95. The molecular weight excluding hydrogens is 236 g/mol. The first-order valence-electron chi connectivity index (χ1n) is 5.54.